The van der Waals surface area contributed by atoms with Gasteiger partial charge in [-0.25, -0.2) is 0 Å². The zero-order valence-electron chi connectivity index (χ0n) is 47.3. The van der Waals surface area contributed by atoms with E-state index in [0.717, 1.165) is 124 Å². The van der Waals surface area contributed by atoms with Crippen LogP contribution in [0.25, 0.3) is 0 Å². The molecule has 4 rings (SSSR count). The maximum atomic E-state index is 10.4. The molecule has 0 bridgehead atoms. The second-order valence-electron chi connectivity index (χ2n) is 21.9. The van der Waals surface area contributed by atoms with E-state index in [4.69, 9.17) is 39.0 Å². The van der Waals surface area contributed by atoms with Crippen LogP contribution >= 0.6 is 0 Å². The first-order chi connectivity index (χ1) is 36.7. The van der Waals surface area contributed by atoms with Crippen molar-refractivity contribution in [2.45, 2.75) is 239 Å². The summed E-state index contributed by atoms with van der Waals surface area (Å²) in [6.07, 6.45) is 61.9. The summed E-state index contributed by atoms with van der Waals surface area (Å²) in [5.41, 5.74) is 0. The Morgan fingerprint density at radius 3 is 0.909 bits per heavy atom. The topological polar surface area (TPSA) is 210 Å². The molecular weight excluding hydrogens is 1060 g/mol. The maximum absolute atomic E-state index is 10.4. The molecule has 12 heteroatoms. The molecule has 0 aromatic carbocycles. The third-order valence-electron chi connectivity index (χ3n) is 14.5. The molecule has 0 radical (unpaired) electrons. The van der Waals surface area contributed by atoms with Gasteiger partial charge in [0.25, 0.3) is 0 Å². The van der Waals surface area contributed by atoms with Crippen LogP contribution in [-0.4, -0.2) is 85.0 Å². The van der Waals surface area contributed by atoms with Gasteiger partial charge in [0.05, 0.1) is 24.4 Å². The summed E-state index contributed by atoms with van der Waals surface area (Å²) < 4.78 is 8.06. The summed E-state index contributed by atoms with van der Waals surface area (Å²) in [5.74, 6) is 5.81. The van der Waals surface area contributed by atoms with E-state index in [9.17, 15) is 14.4 Å². The Hall–Kier alpha value is -3.13. The van der Waals surface area contributed by atoms with Gasteiger partial charge in [-0.2, -0.15) is 0 Å². The molecule has 4 saturated carbocycles. The van der Waals surface area contributed by atoms with Gasteiger partial charge in [-0.3, -0.25) is 9.59 Å². The number of carboxylic acid groups (broad SMARTS) is 2. The van der Waals surface area contributed by atoms with E-state index in [1.807, 2.05) is 48.6 Å². The number of carbonyl (C=O) groups is 3. The number of unbranched alkanes of at least 4 members (excludes halogenated alkanes) is 6. The van der Waals surface area contributed by atoms with Crippen molar-refractivity contribution in [3.8, 4) is 0 Å². The first-order valence-corrected chi connectivity index (χ1v) is 29.9. The van der Waals surface area contributed by atoms with E-state index >= 15 is 0 Å². The van der Waals surface area contributed by atoms with Gasteiger partial charge in [0.15, 0.2) is 0 Å². The number of hydrogen-bond acceptors (Lipinski definition) is 9. The second-order valence-corrected chi connectivity index (χ2v) is 21.9. The molecule has 11 nitrogen and oxygen atoms in total. The normalized spacial score (nSPS) is 23.6. The van der Waals surface area contributed by atoms with Crippen LogP contribution in [0, 0.1) is 47.3 Å². The number of aldehydes is 1. The SMILES string of the molecule is C.CC(O)/C=C/C=C\CC[C@@H]1C[C@H]1CCCCC(=O)O.CC(O)/C=C/C=C\CC[C@@H]1C[C@H]1CCCCC(=O)O.CC(O)/C=C/C=C\CC[C@@H]1C[C@H]1CCCCC=O.CC(O)/C=C/C=C\CC[C@@H]1C[C@H]1CCCCCO.[O]=[Ag]. The van der Waals surface area contributed by atoms with Gasteiger partial charge in [0.1, 0.15) is 6.29 Å². The van der Waals surface area contributed by atoms with E-state index < -0.39 is 11.9 Å². The van der Waals surface area contributed by atoms with Gasteiger partial charge < -0.3 is 40.5 Å². The summed E-state index contributed by atoms with van der Waals surface area (Å²) in [6, 6.07) is 0. The Morgan fingerprint density at radius 1 is 0.403 bits per heavy atom. The molecule has 4 aliphatic carbocycles. The van der Waals surface area contributed by atoms with Crippen LogP contribution in [0.4, 0.5) is 0 Å². The average molecular weight is 1180 g/mol. The Kier molecular flexibility index (Phi) is 51.5. The van der Waals surface area contributed by atoms with E-state index in [0.29, 0.717) is 19.4 Å². The van der Waals surface area contributed by atoms with Crippen molar-refractivity contribution in [1.29, 1.82) is 0 Å². The number of allylic oxidation sites excluding steroid dienone is 12. The van der Waals surface area contributed by atoms with Crippen molar-refractivity contribution in [3.63, 3.8) is 0 Å². The number of aliphatic carboxylic acids is 2. The minimum atomic E-state index is -0.678. The van der Waals surface area contributed by atoms with Crippen molar-refractivity contribution >= 4 is 18.2 Å². The molecule has 0 aromatic heterocycles. The van der Waals surface area contributed by atoms with Crippen LogP contribution in [-0.2, 0) is 38.7 Å². The fraction of sp³-hybridized carbons (Fsp3) is 0.708. The molecule has 4 unspecified atom stereocenters. The van der Waals surface area contributed by atoms with Crippen molar-refractivity contribution in [3.05, 3.63) is 97.2 Å². The molecule has 447 valence electrons. The second kappa shape index (κ2) is 52.3. The molecule has 0 heterocycles. The number of hydrogen-bond donors (Lipinski definition) is 7. The van der Waals surface area contributed by atoms with Crippen molar-refractivity contribution < 1.29 is 74.4 Å². The summed E-state index contributed by atoms with van der Waals surface area (Å²) >= 11 is 1.70. The Morgan fingerprint density at radius 2 is 0.662 bits per heavy atom. The Bertz CT molecular complexity index is 1610. The van der Waals surface area contributed by atoms with Crippen LogP contribution < -0.4 is 0 Å². The Balaban J connectivity index is 0. The third kappa shape index (κ3) is 53.3. The van der Waals surface area contributed by atoms with E-state index in [1.165, 1.54) is 96.3 Å². The third-order valence-corrected chi connectivity index (χ3v) is 14.5. The number of aliphatic hydroxyl groups excluding tert-OH is 5. The van der Waals surface area contributed by atoms with Gasteiger partial charge in [-0.1, -0.05) is 162 Å². The zero-order chi connectivity index (χ0) is 56.6. The summed E-state index contributed by atoms with van der Waals surface area (Å²) in [6.45, 7) is 7.34. The zero-order valence-corrected chi connectivity index (χ0v) is 48.8. The van der Waals surface area contributed by atoms with Gasteiger partial charge in [0.2, 0.25) is 0 Å². The fourth-order valence-electron chi connectivity index (χ4n) is 9.60. The molecule has 0 aliphatic heterocycles. The minimum absolute atomic E-state index is 0. The molecule has 77 heavy (non-hydrogen) atoms. The van der Waals surface area contributed by atoms with Crippen LogP contribution in [0.2, 0.25) is 0 Å². The number of rotatable bonds is 40. The van der Waals surface area contributed by atoms with Crippen LogP contribution in [0.3, 0.4) is 0 Å². The van der Waals surface area contributed by atoms with Gasteiger partial charge in [-0.15, -0.1) is 0 Å². The quantitative estimate of drug-likeness (QED) is 0.0133. The van der Waals surface area contributed by atoms with Gasteiger partial charge >= 0.3 is 36.2 Å². The molecule has 0 aromatic rings. The van der Waals surface area contributed by atoms with Crippen LogP contribution in [0.1, 0.15) is 215 Å². The van der Waals surface area contributed by atoms with Crippen molar-refractivity contribution in [2.75, 3.05) is 6.61 Å². The Labute approximate surface area is 480 Å². The molecule has 4 aliphatic rings. The molecule has 12 atom stereocenters. The van der Waals surface area contributed by atoms with Gasteiger partial charge in [-0.05, 0) is 178 Å². The molecule has 0 spiro atoms. The molecule has 0 amide bonds. The molecule has 4 fully saturated rings. The van der Waals surface area contributed by atoms with Crippen molar-refractivity contribution in [1.82, 2.24) is 0 Å². The number of carbonyl (C=O) groups excluding carboxylic acids is 1. The number of aliphatic hydroxyl groups is 5. The molecule has 0 saturated heterocycles. The molecular formula is C65H110AgO11. The van der Waals surface area contributed by atoms with Gasteiger partial charge in [0, 0.05) is 25.9 Å². The van der Waals surface area contributed by atoms with E-state index in [-0.39, 0.29) is 31.8 Å². The average Bonchev–Trinajstić information content (AvgIpc) is 4.20. The van der Waals surface area contributed by atoms with E-state index in [1.54, 1.807) is 73.0 Å². The van der Waals surface area contributed by atoms with Crippen LogP contribution in [0.5, 0.6) is 0 Å². The molecule has 7 N–H and O–H groups in total. The van der Waals surface area contributed by atoms with Crippen molar-refractivity contribution in [2.24, 2.45) is 47.3 Å². The standard InChI is InChI=1S/2C16H26O3.C16H28O2.C16H26O2.CH4.Ag.O/c2*1-13(17)8-4-2-3-5-9-14-12-15(14)10-6-7-11-16(18)19;2*1-14(18)9-5-2-3-6-10-15-13-16(15)11-7-4-8-12-17;;;/h2*2-4,8,13-15,17H,5-7,9-12H2,1H3,(H,18,19);2-3,5,9,14-18H,4,6-8,10-13H2,1H3;2-3,5,9,12,14-16,18H,4,6-8,10-11,13H2,1H3;1H4;;/b2*3-2-,8-4+;2*3-2-,9-5+;;;/t2*13?,14-,15-;2*14?,15-,16-;;;/m1111.../s1. The summed E-state index contributed by atoms with van der Waals surface area (Å²) in [4.78, 5) is 30.9. The monoisotopic (exact) mass is 1170 g/mol. The van der Waals surface area contributed by atoms with E-state index in [2.05, 4.69) is 24.3 Å². The predicted octanol–water partition coefficient (Wildman–Crippen LogP) is 14.7. The fourth-order valence-corrected chi connectivity index (χ4v) is 9.60. The number of carboxylic acids is 2. The first-order valence-electron chi connectivity index (χ1n) is 29.3. The summed E-state index contributed by atoms with van der Waals surface area (Å²) in [5, 5.41) is 61.9. The summed E-state index contributed by atoms with van der Waals surface area (Å²) in [7, 11) is 0. The van der Waals surface area contributed by atoms with Crippen LogP contribution in [0.15, 0.2) is 97.2 Å². The predicted molar refractivity (Wildman–Crippen MR) is 313 cm³/mol. The first kappa shape index (κ1) is 75.9.